The van der Waals surface area contributed by atoms with E-state index in [1.807, 2.05) is 0 Å². The number of hydrogen-bond donors (Lipinski definition) is 0. The summed E-state index contributed by atoms with van der Waals surface area (Å²) in [5, 5.41) is 11.9. The summed E-state index contributed by atoms with van der Waals surface area (Å²) in [5.74, 6) is 0. The van der Waals surface area contributed by atoms with Crippen molar-refractivity contribution in [3.63, 3.8) is 0 Å². The normalized spacial score (nSPS) is 10.4. The van der Waals surface area contributed by atoms with Crippen LogP contribution in [0.3, 0.4) is 0 Å². The first-order valence-corrected chi connectivity index (χ1v) is 38.1. The zero-order valence-electron chi connectivity index (χ0n) is 47.3. The van der Waals surface area contributed by atoms with E-state index in [1.165, 1.54) is 183 Å². The van der Waals surface area contributed by atoms with Gasteiger partial charge >= 0.3 is 83.7 Å². The van der Waals surface area contributed by atoms with Crippen molar-refractivity contribution in [3.05, 3.63) is 162 Å². The largest absolute Gasteiger partial charge is 1.00 e. The third-order valence-corrected chi connectivity index (χ3v) is 13.6. The quantitative estimate of drug-likeness (QED) is 0.105. The molecule has 0 bridgehead atoms. The SMILES string of the molecule is CCCc1ccc(C)c2[cH-]c(C)c(C)c12.CCCc1ccc(C)c2[cH-]c(C)c(C)c12.CCCc1ccc(C)c2[cH-]c(C)c(C)c12.CCCc1ccc(C)c2[cH-]c(C)c(C)c12.C[Si](C)=[Zr+2].C[Si](C)=[Zr+2].[Cl-].[Cl-]. The average Bonchev–Trinajstić information content (AvgIpc) is 3.97. The van der Waals surface area contributed by atoms with E-state index >= 15 is 0 Å². The van der Waals surface area contributed by atoms with E-state index in [0.29, 0.717) is 0 Å². The van der Waals surface area contributed by atoms with Crippen molar-refractivity contribution in [1.82, 2.24) is 0 Å². The maximum atomic E-state index is 2.33. The van der Waals surface area contributed by atoms with Gasteiger partial charge < -0.3 is 24.8 Å². The second-order valence-electron chi connectivity index (χ2n) is 20.1. The second kappa shape index (κ2) is 31.7. The fourth-order valence-corrected chi connectivity index (χ4v) is 9.59. The standard InChI is InChI=1S/4C15H19.2C2H6Si.2ClH.2Zr/c4*1-5-6-13-8-7-10(2)14-9-11(3)12(4)15(13)14;2*1-3-2;;;;/h4*7-9H,5-6H2,1-4H3;2*1-2H3;2*1H;;/q4*-1;;;;;2*+2/p-2. The van der Waals surface area contributed by atoms with Crippen molar-refractivity contribution in [1.29, 1.82) is 0 Å². The van der Waals surface area contributed by atoms with Gasteiger partial charge in [-0.25, -0.2) is 0 Å². The molecule has 0 aliphatic carbocycles. The molecule has 0 aliphatic rings. The third-order valence-electron chi connectivity index (χ3n) is 13.6. The van der Waals surface area contributed by atoms with Gasteiger partial charge in [0.1, 0.15) is 0 Å². The number of benzene rings is 4. The molecule has 0 unspecified atom stereocenters. The molecule has 0 amide bonds. The van der Waals surface area contributed by atoms with E-state index in [-0.39, 0.29) is 35.7 Å². The number of rotatable bonds is 8. The summed E-state index contributed by atoms with van der Waals surface area (Å²) >= 11 is 3.48. The van der Waals surface area contributed by atoms with Crippen molar-refractivity contribution in [2.45, 2.75) is 188 Å². The smallest absolute Gasteiger partial charge is 1.00 e. The average molecular weight is 1170 g/mol. The predicted molar refractivity (Wildman–Crippen MR) is 306 cm³/mol. The molecule has 0 heterocycles. The molecule has 0 aromatic heterocycles. The van der Waals surface area contributed by atoms with Gasteiger partial charge in [0.2, 0.25) is 0 Å². The van der Waals surface area contributed by atoms with Crippen molar-refractivity contribution in [2.24, 2.45) is 0 Å². The van der Waals surface area contributed by atoms with Crippen LogP contribution in [-0.2, 0) is 72.4 Å². The van der Waals surface area contributed by atoms with E-state index in [4.69, 9.17) is 0 Å². The molecular weight excluding hydrogens is 1080 g/mol. The topological polar surface area (TPSA) is 0 Å². The Balaban J connectivity index is 0.000000439. The minimum atomic E-state index is 0. The molecule has 0 fully saturated rings. The summed E-state index contributed by atoms with van der Waals surface area (Å²) in [5.41, 5.74) is 23.7. The predicted octanol–water partition coefficient (Wildman–Crippen LogP) is 13.3. The minimum Gasteiger partial charge on any atom is -1.00 e. The van der Waals surface area contributed by atoms with Crippen molar-refractivity contribution in [2.75, 3.05) is 0 Å². The van der Waals surface area contributed by atoms with Crippen LogP contribution in [0.25, 0.3) is 43.1 Å². The summed E-state index contributed by atoms with van der Waals surface area (Å²) in [4.78, 5) is 0. The van der Waals surface area contributed by atoms with Crippen molar-refractivity contribution in [3.8, 4) is 0 Å². The Morgan fingerprint density at radius 2 is 0.486 bits per heavy atom. The fourth-order valence-electron chi connectivity index (χ4n) is 9.59. The van der Waals surface area contributed by atoms with Crippen LogP contribution >= 0.6 is 0 Å². The van der Waals surface area contributed by atoms with E-state index in [0.717, 1.165) is 0 Å². The van der Waals surface area contributed by atoms with Crippen LogP contribution in [0.2, 0.25) is 26.2 Å². The first-order valence-electron chi connectivity index (χ1n) is 25.7. The molecule has 0 spiro atoms. The molecular formula is C64H88Cl2Si2Zr2-2. The van der Waals surface area contributed by atoms with E-state index in [1.54, 1.807) is 46.7 Å². The number of aryl methyl sites for hydroxylation is 16. The monoisotopic (exact) mass is 1160 g/mol. The summed E-state index contributed by atoms with van der Waals surface area (Å²) in [6, 6.07) is 27.6. The van der Waals surface area contributed by atoms with Crippen molar-refractivity contribution >= 4 is 54.0 Å². The first kappa shape index (κ1) is 66.1. The van der Waals surface area contributed by atoms with Crippen molar-refractivity contribution < 1.29 is 71.5 Å². The van der Waals surface area contributed by atoms with Gasteiger partial charge in [-0.3, -0.25) is 0 Å². The molecule has 0 atom stereocenters. The third kappa shape index (κ3) is 17.6. The Kier molecular flexibility index (Phi) is 30.0. The molecule has 8 rings (SSSR count). The van der Waals surface area contributed by atoms with Crippen LogP contribution in [0.4, 0.5) is 0 Å². The molecule has 0 radical (unpaired) electrons. The van der Waals surface area contributed by atoms with Crippen LogP contribution in [0.5, 0.6) is 0 Å². The van der Waals surface area contributed by atoms with Crippen LogP contribution < -0.4 is 24.8 Å². The Bertz CT molecular complexity index is 2550. The molecule has 0 nitrogen and oxygen atoms in total. The van der Waals surface area contributed by atoms with E-state index in [2.05, 4.69) is 210 Å². The maximum Gasteiger partial charge on any atom is -1.00 e. The summed E-state index contributed by atoms with van der Waals surface area (Å²) in [6.45, 7) is 44.9. The molecule has 8 aromatic rings. The second-order valence-corrected chi connectivity index (χ2v) is 38.9. The van der Waals surface area contributed by atoms with Crippen LogP contribution in [0.1, 0.15) is 142 Å². The Labute approximate surface area is 471 Å². The molecule has 0 saturated heterocycles. The van der Waals surface area contributed by atoms with Gasteiger partial charge in [0.25, 0.3) is 0 Å². The zero-order chi connectivity index (χ0) is 51.2. The minimum absolute atomic E-state index is 0. The van der Waals surface area contributed by atoms with Gasteiger partial charge in [-0.1, -0.05) is 183 Å². The van der Waals surface area contributed by atoms with Crippen LogP contribution in [0, 0.1) is 83.1 Å². The van der Waals surface area contributed by atoms with Gasteiger partial charge in [-0.15, -0.1) is 136 Å². The van der Waals surface area contributed by atoms with Crippen LogP contribution in [0.15, 0.2) is 72.8 Å². The van der Waals surface area contributed by atoms with Gasteiger partial charge in [0, 0.05) is 0 Å². The number of fused-ring (bicyclic) bond motifs is 4. The summed E-state index contributed by atoms with van der Waals surface area (Å²) in [7, 11) is 0. The van der Waals surface area contributed by atoms with E-state index < -0.39 is 0 Å². The van der Waals surface area contributed by atoms with E-state index in [9.17, 15) is 0 Å². The molecule has 6 heteroatoms. The number of halogens is 2. The Hall–Kier alpha value is -1.90. The molecule has 0 aliphatic heterocycles. The Morgan fingerprint density at radius 1 is 0.329 bits per heavy atom. The molecule has 376 valence electrons. The molecule has 70 heavy (non-hydrogen) atoms. The Morgan fingerprint density at radius 3 is 0.629 bits per heavy atom. The maximum absolute atomic E-state index is 2.33. The van der Waals surface area contributed by atoms with Gasteiger partial charge in [-0.05, 0) is 25.7 Å². The molecule has 0 saturated carbocycles. The van der Waals surface area contributed by atoms with Gasteiger partial charge in [-0.2, -0.15) is 22.3 Å². The summed E-state index contributed by atoms with van der Waals surface area (Å²) < 4.78 is 0. The van der Waals surface area contributed by atoms with Gasteiger partial charge in [0.15, 0.2) is 0 Å². The first-order chi connectivity index (χ1) is 32.1. The van der Waals surface area contributed by atoms with Crippen LogP contribution in [-0.4, -0.2) is 10.9 Å². The fraction of sp³-hybridized carbons (Fsp3) is 0.438. The number of hydrogen-bond acceptors (Lipinski definition) is 0. The molecule has 8 aromatic carbocycles. The summed E-state index contributed by atoms with van der Waals surface area (Å²) in [6.07, 6.45) is 9.68. The van der Waals surface area contributed by atoms with Gasteiger partial charge in [0.05, 0.1) is 0 Å². The zero-order valence-corrected chi connectivity index (χ0v) is 55.8. The molecule has 0 N–H and O–H groups in total.